The quantitative estimate of drug-likeness (QED) is 0.613. The van der Waals surface area contributed by atoms with E-state index in [1.54, 1.807) is 38.1 Å². The van der Waals surface area contributed by atoms with E-state index in [1.165, 1.54) is 0 Å². The van der Waals surface area contributed by atoms with E-state index in [4.69, 9.17) is 9.47 Å². The normalized spacial score (nSPS) is 15.9. The number of fused-ring (bicyclic) bond motifs is 2. The van der Waals surface area contributed by atoms with Gasteiger partial charge in [0.05, 0.1) is 26.4 Å². The van der Waals surface area contributed by atoms with Gasteiger partial charge in [0, 0.05) is 9.79 Å². The predicted octanol–water partition coefficient (Wildman–Crippen LogP) is 5.13. The van der Waals surface area contributed by atoms with Crippen LogP contribution >= 0.6 is 11.8 Å². The molecule has 2 aromatic carbocycles. The minimum absolute atomic E-state index is 0.796. The number of allylic oxidation sites excluding steroid dienone is 5. The van der Waals surface area contributed by atoms with Crippen LogP contribution in [0.2, 0.25) is 0 Å². The molecule has 5 heteroatoms. The summed E-state index contributed by atoms with van der Waals surface area (Å²) in [6, 6.07) is 16.2. The summed E-state index contributed by atoms with van der Waals surface area (Å²) in [7, 11) is 3.31. The molecule has 2 aromatic rings. The molecule has 4 nitrogen and oxygen atoms in total. The Morgan fingerprint density at radius 2 is 1.32 bits per heavy atom. The summed E-state index contributed by atoms with van der Waals surface area (Å²) in [6.45, 7) is 0. The maximum absolute atomic E-state index is 9.35. The Kier molecular flexibility index (Phi) is 4.47. The zero-order chi connectivity index (χ0) is 19.7. The number of nitrogens with zero attached hydrogens (tertiary/aromatic N) is 2. The average Bonchev–Trinajstić information content (AvgIpc) is 2.76. The van der Waals surface area contributed by atoms with Crippen molar-refractivity contribution in [1.82, 2.24) is 0 Å². The summed E-state index contributed by atoms with van der Waals surface area (Å²) < 4.78 is 10.8. The summed E-state index contributed by atoms with van der Waals surface area (Å²) in [5, 5.41) is 18.7. The lowest BCUT2D eigenvalue weighted by Crippen LogP contribution is -2.12. The largest absolute Gasteiger partial charge is 0.497 e. The minimum Gasteiger partial charge on any atom is -0.497 e. The van der Waals surface area contributed by atoms with Gasteiger partial charge in [-0.25, -0.2) is 0 Å². The van der Waals surface area contributed by atoms with Crippen LogP contribution in [-0.2, 0) is 0 Å². The molecule has 0 atom stereocenters. The van der Waals surface area contributed by atoms with Crippen LogP contribution in [0.15, 0.2) is 76.1 Å². The van der Waals surface area contributed by atoms with E-state index in [0.717, 1.165) is 43.6 Å². The first-order chi connectivity index (χ1) is 13.6. The Labute approximate surface area is 168 Å². The molecule has 0 aromatic heterocycles. The van der Waals surface area contributed by atoms with Gasteiger partial charge in [0.1, 0.15) is 11.5 Å². The third-order valence-corrected chi connectivity index (χ3v) is 5.96. The van der Waals surface area contributed by atoms with Gasteiger partial charge in [-0.1, -0.05) is 23.9 Å². The van der Waals surface area contributed by atoms with Crippen molar-refractivity contribution in [3.63, 3.8) is 0 Å². The van der Waals surface area contributed by atoms with E-state index in [-0.39, 0.29) is 0 Å². The van der Waals surface area contributed by atoms with Crippen molar-refractivity contribution in [2.45, 2.75) is 9.79 Å². The van der Waals surface area contributed by atoms with Crippen molar-refractivity contribution >= 4 is 17.3 Å². The van der Waals surface area contributed by atoms with Crippen LogP contribution < -0.4 is 9.47 Å². The Morgan fingerprint density at radius 3 is 1.75 bits per heavy atom. The summed E-state index contributed by atoms with van der Waals surface area (Å²) in [6.07, 6.45) is 7.03. The molecule has 1 aliphatic heterocycles. The number of nitriles is 2. The third-order valence-electron chi connectivity index (χ3n) is 4.85. The lowest BCUT2D eigenvalue weighted by molar-refractivity contribution is 0.413. The van der Waals surface area contributed by atoms with E-state index < -0.39 is 5.41 Å². The lowest BCUT2D eigenvalue weighted by Gasteiger charge is -2.25. The smallest absolute Gasteiger partial charge is 0.180 e. The van der Waals surface area contributed by atoms with Gasteiger partial charge >= 0.3 is 0 Å². The van der Waals surface area contributed by atoms with Gasteiger partial charge in [-0.05, 0) is 70.8 Å². The van der Waals surface area contributed by atoms with E-state index in [0.29, 0.717) is 0 Å². The number of benzene rings is 2. The first-order valence-corrected chi connectivity index (χ1v) is 9.44. The van der Waals surface area contributed by atoms with Gasteiger partial charge in [-0.2, -0.15) is 10.5 Å². The SMILES string of the molecule is COc1ccc2c(c1)Sc1cc(OC)ccc1C2=C1C=CC(C#N)(C#N)C=C1. The summed E-state index contributed by atoms with van der Waals surface area (Å²) in [4.78, 5) is 2.17. The molecule has 136 valence electrons. The highest BCUT2D eigenvalue weighted by molar-refractivity contribution is 7.99. The molecule has 0 spiro atoms. The Morgan fingerprint density at radius 1 is 0.821 bits per heavy atom. The fourth-order valence-corrected chi connectivity index (χ4v) is 4.46. The fraction of sp³-hybridized carbons (Fsp3) is 0.130. The van der Waals surface area contributed by atoms with Crippen LogP contribution in [0.4, 0.5) is 0 Å². The number of hydrogen-bond acceptors (Lipinski definition) is 5. The van der Waals surface area contributed by atoms with E-state index in [2.05, 4.69) is 24.3 Å². The van der Waals surface area contributed by atoms with Gasteiger partial charge in [0.25, 0.3) is 0 Å². The van der Waals surface area contributed by atoms with Crippen LogP contribution in [0, 0.1) is 28.1 Å². The molecule has 2 aliphatic rings. The Balaban J connectivity index is 1.95. The lowest BCUT2D eigenvalue weighted by atomic mass is 9.83. The molecule has 0 unspecified atom stereocenters. The van der Waals surface area contributed by atoms with Crippen LogP contribution in [0.3, 0.4) is 0 Å². The molecule has 0 saturated carbocycles. The molecule has 4 rings (SSSR count). The summed E-state index contributed by atoms with van der Waals surface area (Å²) >= 11 is 1.67. The first kappa shape index (κ1) is 18.0. The maximum Gasteiger partial charge on any atom is 0.180 e. The van der Waals surface area contributed by atoms with Gasteiger partial charge in [0.15, 0.2) is 5.41 Å². The van der Waals surface area contributed by atoms with Crippen LogP contribution in [0.5, 0.6) is 11.5 Å². The van der Waals surface area contributed by atoms with Crippen LogP contribution in [-0.4, -0.2) is 14.2 Å². The van der Waals surface area contributed by atoms with Gasteiger partial charge in [0.2, 0.25) is 0 Å². The fourth-order valence-electron chi connectivity index (χ4n) is 3.31. The monoisotopic (exact) mass is 384 g/mol. The molecule has 28 heavy (non-hydrogen) atoms. The zero-order valence-electron chi connectivity index (χ0n) is 15.4. The average molecular weight is 384 g/mol. The molecule has 0 N–H and O–H groups in total. The van der Waals surface area contributed by atoms with Crippen molar-refractivity contribution in [3.8, 4) is 23.6 Å². The van der Waals surface area contributed by atoms with E-state index >= 15 is 0 Å². The predicted molar refractivity (Wildman–Crippen MR) is 108 cm³/mol. The Bertz CT molecular complexity index is 1060. The molecular formula is C23H16N2O2S. The second-order valence-corrected chi connectivity index (χ2v) is 7.50. The van der Waals surface area contributed by atoms with Crippen molar-refractivity contribution in [2.75, 3.05) is 14.2 Å². The van der Waals surface area contributed by atoms with Crippen molar-refractivity contribution < 1.29 is 9.47 Å². The first-order valence-electron chi connectivity index (χ1n) is 8.63. The van der Waals surface area contributed by atoms with Crippen molar-refractivity contribution in [3.05, 3.63) is 77.4 Å². The zero-order valence-corrected chi connectivity index (χ0v) is 16.2. The number of rotatable bonds is 2. The maximum atomic E-state index is 9.35. The topological polar surface area (TPSA) is 66.0 Å². The van der Waals surface area contributed by atoms with Gasteiger partial charge in [-0.3, -0.25) is 0 Å². The standard InChI is InChI=1S/C23H16N2O2S/c1-26-16-3-5-18-20(11-16)28-21-12-17(27-2)4-6-19(21)22(18)15-7-9-23(13-24,14-25)10-8-15/h3-12H,1-2H3. The minimum atomic E-state index is -1.21. The molecule has 1 heterocycles. The number of methoxy groups -OCH3 is 2. The van der Waals surface area contributed by atoms with E-state index in [9.17, 15) is 10.5 Å². The highest BCUT2D eigenvalue weighted by Gasteiger charge is 2.28. The highest BCUT2D eigenvalue weighted by Crippen LogP contribution is 2.49. The van der Waals surface area contributed by atoms with Crippen molar-refractivity contribution in [2.24, 2.45) is 5.41 Å². The molecule has 0 fully saturated rings. The van der Waals surface area contributed by atoms with Gasteiger partial charge < -0.3 is 9.47 Å². The van der Waals surface area contributed by atoms with Gasteiger partial charge in [-0.15, -0.1) is 0 Å². The highest BCUT2D eigenvalue weighted by atomic mass is 32.2. The van der Waals surface area contributed by atoms with Crippen LogP contribution in [0.25, 0.3) is 5.57 Å². The second kappa shape index (κ2) is 6.96. The molecule has 0 amide bonds. The molecule has 0 saturated heterocycles. The third kappa shape index (κ3) is 2.87. The molecule has 0 bridgehead atoms. The Hall–Kier alpha value is -3.41. The van der Waals surface area contributed by atoms with Crippen LogP contribution in [0.1, 0.15) is 11.1 Å². The second-order valence-electron chi connectivity index (χ2n) is 6.42. The molecule has 0 radical (unpaired) electrons. The molecular weight excluding hydrogens is 368 g/mol. The summed E-state index contributed by atoms with van der Waals surface area (Å²) in [5.74, 6) is 1.59. The number of ether oxygens (including phenoxy) is 2. The van der Waals surface area contributed by atoms with Crippen molar-refractivity contribution in [1.29, 1.82) is 10.5 Å². The summed E-state index contributed by atoms with van der Waals surface area (Å²) in [5.41, 5.74) is 2.99. The molecule has 1 aliphatic carbocycles. The van der Waals surface area contributed by atoms with E-state index in [1.807, 2.05) is 36.4 Å². The number of hydrogen-bond donors (Lipinski definition) is 0.